The van der Waals surface area contributed by atoms with Crippen molar-refractivity contribution in [1.82, 2.24) is 10.2 Å². The zero-order valence-electron chi connectivity index (χ0n) is 10.6. The van der Waals surface area contributed by atoms with Gasteiger partial charge < -0.3 is 10.2 Å². The van der Waals surface area contributed by atoms with Crippen molar-refractivity contribution in [3.63, 3.8) is 0 Å². The summed E-state index contributed by atoms with van der Waals surface area (Å²) in [6, 6.07) is 5.90. The van der Waals surface area contributed by atoms with E-state index in [1.165, 1.54) is 0 Å². The molecule has 1 aromatic carbocycles. The molecule has 0 aromatic heterocycles. The third kappa shape index (κ3) is 5.26. The van der Waals surface area contributed by atoms with E-state index >= 15 is 0 Å². The van der Waals surface area contributed by atoms with Gasteiger partial charge in [-0.2, -0.15) is 0 Å². The van der Waals surface area contributed by atoms with Crippen molar-refractivity contribution in [3.8, 4) is 0 Å². The fourth-order valence-electron chi connectivity index (χ4n) is 1.68. The molecule has 0 aliphatic rings. The maximum atomic E-state index is 6.15. The predicted molar refractivity (Wildman–Crippen MR) is 76.1 cm³/mol. The molecule has 0 heterocycles. The normalized spacial score (nSPS) is 13.1. The largest absolute Gasteiger partial charge is 0.310 e. The van der Waals surface area contributed by atoms with Crippen molar-refractivity contribution < 1.29 is 0 Å². The van der Waals surface area contributed by atoms with Gasteiger partial charge in [0.15, 0.2) is 0 Å². The highest BCUT2D eigenvalue weighted by molar-refractivity contribution is 6.35. The minimum absolute atomic E-state index is 0.252. The number of hydrogen-bond donors (Lipinski definition) is 1. The van der Waals surface area contributed by atoms with Crippen molar-refractivity contribution in [2.45, 2.75) is 19.4 Å². The lowest BCUT2D eigenvalue weighted by Gasteiger charge is -2.17. The van der Waals surface area contributed by atoms with Crippen LogP contribution in [0.15, 0.2) is 18.2 Å². The number of benzene rings is 1. The number of hydrogen-bond acceptors (Lipinski definition) is 2. The highest BCUT2D eigenvalue weighted by Gasteiger charge is 2.08. The summed E-state index contributed by atoms with van der Waals surface area (Å²) in [5.74, 6) is 0. The van der Waals surface area contributed by atoms with Gasteiger partial charge in [-0.15, -0.1) is 0 Å². The Morgan fingerprint density at radius 3 is 2.59 bits per heavy atom. The van der Waals surface area contributed by atoms with Crippen LogP contribution < -0.4 is 5.32 Å². The van der Waals surface area contributed by atoms with E-state index in [-0.39, 0.29) is 6.04 Å². The second kappa shape index (κ2) is 7.22. The third-order valence-electron chi connectivity index (χ3n) is 2.66. The molecule has 4 heteroatoms. The first-order valence-corrected chi connectivity index (χ1v) is 6.59. The Kier molecular flexibility index (Phi) is 6.28. The lowest BCUT2D eigenvalue weighted by atomic mass is 10.1. The second-order valence-corrected chi connectivity index (χ2v) is 5.34. The number of nitrogens with zero attached hydrogens (tertiary/aromatic N) is 1. The molecule has 0 saturated carbocycles. The quantitative estimate of drug-likeness (QED) is 0.798. The molecule has 0 spiro atoms. The Hall–Kier alpha value is -0.280. The maximum Gasteiger partial charge on any atom is 0.0468 e. The van der Waals surface area contributed by atoms with Crippen LogP contribution in [0, 0.1) is 0 Å². The van der Waals surface area contributed by atoms with Gasteiger partial charge in [-0.05, 0) is 58.2 Å². The first-order valence-electron chi connectivity index (χ1n) is 5.83. The molecule has 0 aliphatic heterocycles. The van der Waals surface area contributed by atoms with Crippen LogP contribution in [-0.4, -0.2) is 32.1 Å². The van der Waals surface area contributed by atoms with Gasteiger partial charge in [0.25, 0.3) is 0 Å². The highest BCUT2D eigenvalue weighted by Crippen LogP contribution is 2.25. The molecule has 1 aromatic rings. The van der Waals surface area contributed by atoms with E-state index in [1.807, 2.05) is 12.1 Å². The van der Waals surface area contributed by atoms with Crippen LogP contribution in [0.2, 0.25) is 10.0 Å². The van der Waals surface area contributed by atoms with E-state index < -0.39 is 0 Å². The molecule has 1 rings (SSSR count). The van der Waals surface area contributed by atoms with E-state index in [2.05, 4.69) is 31.2 Å². The molecule has 0 bridgehead atoms. The molecule has 2 nitrogen and oxygen atoms in total. The Morgan fingerprint density at radius 2 is 2.00 bits per heavy atom. The zero-order chi connectivity index (χ0) is 12.8. The van der Waals surface area contributed by atoms with Crippen LogP contribution in [0.3, 0.4) is 0 Å². The molecule has 0 saturated heterocycles. The fourth-order valence-corrected chi connectivity index (χ4v) is 2.25. The molecule has 1 atom stereocenters. The van der Waals surface area contributed by atoms with E-state index in [4.69, 9.17) is 23.2 Å². The highest BCUT2D eigenvalue weighted by atomic mass is 35.5. The third-order valence-corrected chi connectivity index (χ3v) is 3.22. The first kappa shape index (κ1) is 14.8. The summed E-state index contributed by atoms with van der Waals surface area (Å²) in [6.07, 6.45) is 1.13. The van der Waals surface area contributed by atoms with Crippen molar-refractivity contribution in [2.75, 3.05) is 27.2 Å². The molecule has 96 valence electrons. The van der Waals surface area contributed by atoms with Crippen LogP contribution in [0.4, 0.5) is 0 Å². The summed E-state index contributed by atoms with van der Waals surface area (Å²) in [7, 11) is 4.17. The molecule has 0 radical (unpaired) electrons. The van der Waals surface area contributed by atoms with Crippen LogP contribution in [0.5, 0.6) is 0 Å². The summed E-state index contributed by atoms with van der Waals surface area (Å²) in [5, 5.41) is 4.87. The summed E-state index contributed by atoms with van der Waals surface area (Å²) in [4.78, 5) is 2.18. The molecular weight excluding hydrogens is 255 g/mol. The molecule has 1 N–H and O–H groups in total. The van der Waals surface area contributed by atoms with Crippen molar-refractivity contribution in [1.29, 1.82) is 0 Å². The van der Waals surface area contributed by atoms with Gasteiger partial charge in [-0.25, -0.2) is 0 Å². The molecule has 17 heavy (non-hydrogen) atoms. The molecule has 1 unspecified atom stereocenters. The summed E-state index contributed by atoms with van der Waals surface area (Å²) in [5.41, 5.74) is 1.10. The fraction of sp³-hybridized carbons (Fsp3) is 0.538. The Morgan fingerprint density at radius 1 is 1.29 bits per heavy atom. The predicted octanol–water partition coefficient (Wildman–Crippen LogP) is 3.60. The molecule has 0 aliphatic carbocycles. The standard InChI is InChI=1S/C13H20Cl2N2/c1-10(16-7-4-8-17(2)3)12-6-5-11(14)9-13(12)15/h5-6,9-10,16H,4,7-8H2,1-3H3. The average Bonchev–Trinajstić information content (AvgIpc) is 2.23. The number of nitrogens with one attached hydrogen (secondary N) is 1. The van der Waals surface area contributed by atoms with Crippen molar-refractivity contribution in [3.05, 3.63) is 33.8 Å². The van der Waals surface area contributed by atoms with E-state index in [0.717, 1.165) is 30.1 Å². The van der Waals surface area contributed by atoms with Crippen molar-refractivity contribution in [2.24, 2.45) is 0 Å². The lowest BCUT2D eigenvalue weighted by Crippen LogP contribution is -2.24. The number of rotatable bonds is 6. The van der Waals surface area contributed by atoms with Gasteiger partial charge >= 0.3 is 0 Å². The molecule has 0 amide bonds. The number of halogens is 2. The maximum absolute atomic E-state index is 6.15. The van der Waals surface area contributed by atoms with Gasteiger partial charge in [0.2, 0.25) is 0 Å². The molecule has 0 fully saturated rings. The smallest absolute Gasteiger partial charge is 0.0468 e. The van der Waals surface area contributed by atoms with E-state index in [9.17, 15) is 0 Å². The summed E-state index contributed by atoms with van der Waals surface area (Å²) < 4.78 is 0. The van der Waals surface area contributed by atoms with Crippen LogP contribution in [0.25, 0.3) is 0 Å². The molecular formula is C13H20Cl2N2. The van der Waals surface area contributed by atoms with Gasteiger partial charge in [0, 0.05) is 16.1 Å². The van der Waals surface area contributed by atoms with Crippen LogP contribution in [0.1, 0.15) is 24.9 Å². The second-order valence-electron chi connectivity index (χ2n) is 4.50. The van der Waals surface area contributed by atoms with Gasteiger partial charge in [0.05, 0.1) is 0 Å². The monoisotopic (exact) mass is 274 g/mol. The van der Waals surface area contributed by atoms with E-state index in [0.29, 0.717) is 5.02 Å². The van der Waals surface area contributed by atoms with Gasteiger partial charge in [-0.1, -0.05) is 29.3 Å². The van der Waals surface area contributed by atoms with Gasteiger partial charge in [0.1, 0.15) is 0 Å². The first-order chi connectivity index (χ1) is 8.00. The summed E-state index contributed by atoms with van der Waals surface area (Å²) >= 11 is 12.0. The average molecular weight is 275 g/mol. The SMILES string of the molecule is CC(NCCCN(C)C)c1ccc(Cl)cc1Cl. The van der Waals surface area contributed by atoms with Crippen LogP contribution in [-0.2, 0) is 0 Å². The topological polar surface area (TPSA) is 15.3 Å². The van der Waals surface area contributed by atoms with Crippen molar-refractivity contribution >= 4 is 23.2 Å². The minimum Gasteiger partial charge on any atom is -0.310 e. The summed E-state index contributed by atoms with van der Waals surface area (Å²) in [6.45, 7) is 4.19. The Bertz CT molecular complexity index is 353. The zero-order valence-corrected chi connectivity index (χ0v) is 12.1. The Labute approximate surface area is 114 Å². The minimum atomic E-state index is 0.252. The Balaban J connectivity index is 2.44. The van der Waals surface area contributed by atoms with E-state index in [1.54, 1.807) is 6.07 Å². The van der Waals surface area contributed by atoms with Gasteiger partial charge in [-0.3, -0.25) is 0 Å². The lowest BCUT2D eigenvalue weighted by molar-refractivity contribution is 0.389. The van der Waals surface area contributed by atoms with Crippen LogP contribution >= 0.6 is 23.2 Å².